The van der Waals surface area contributed by atoms with Crippen LogP contribution in [0.15, 0.2) is 72.8 Å². The highest BCUT2D eigenvalue weighted by Gasteiger charge is 2.50. The number of ether oxygens (including phenoxy) is 2. The lowest BCUT2D eigenvalue weighted by molar-refractivity contribution is -0.159. The molecule has 12 nitrogen and oxygen atoms in total. The van der Waals surface area contributed by atoms with E-state index in [0.717, 1.165) is 27.4 Å². The number of carbonyl (C=O) groups excluding carboxylic acids is 4. The van der Waals surface area contributed by atoms with Gasteiger partial charge in [-0.1, -0.05) is 95.3 Å². The van der Waals surface area contributed by atoms with Gasteiger partial charge in [-0.2, -0.15) is 8.42 Å². The predicted molar refractivity (Wildman–Crippen MR) is 203 cm³/mol. The average molecular weight is 771 g/mol. The molecular formula is C39H54N2O10SSi. The average Bonchev–Trinajstić information content (AvgIpc) is 3.55. The van der Waals surface area contributed by atoms with Crippen molar-refractivity contribution in [2.75, 3.05) is 38.7 Å². The van der Waals surface area contributed by atoms with Crippen LogP contribution in [0.1, 0.15) is 68.2 Å². The highest BCUT2D eigenvalue weighted by atomic mass is 32.2. The van der Waals surface area contributed by atoms with Crippen LogP contribution in [0.25, 0.3) is 0 Å². The fourth-order valence-corrected chi connectivity index (χ4v) is 12.2. The zero-order valence-electron chi connectivity index (χ0n) is 32.1. The third kappa shape index (κ3) is 10.7. The predicted octanol–water partition coefficient (Wildman–Crippen LogP) is 3.58. The Bertz CT molecular complexity index is 1690. The fraction of sp³-hybridized carbons (Fsp3) is 0.538. The Morgan fingerprint density at radius 2 is 1.38 bits per heavy atom. The van der Waals surface area contributed by atoms with Crippen LogP contribution in [0.4, 0.5) is 0 Å². The van der Waals surface area contributed by atoms with Crippen LogP contribution >= 0.6 is 0 Å². The van der Waals surface area contributed by atoms with Gasteiger partial charge in [0, 0.05) is 25.2 Å². The lowest BCUT2D eigenvalue weighted by atomic mass is 9.91. The van der Waals surface area contributed by atoms with Gasteiger partial charge in [-0.25, -0.2) is 0 Å². The summed E-state index contributed by atoms with van der Waals surface area (Å²) in [6.07, 6.45) is 2.75. The van der Waals surface area contributed by atoms with Crippen LogP contribution in [0, 0.1) is 5.41 Å². The lowest BCUT2D eigenvalue weighted by Crippen LogP contribution is -2.66. The Morgan fingerprint density at radius 1 is 0.830 bits per heavy atom. The molecule has 0 saturated carbocycles. The first-order chi connectivity index (χ1) is 24.7. The third-order valence-electron chi connectivity index (χ3n) is 9.31. The summed E-state index contributed by atoms with van der Waals surface area (Å²) in [6, 6.07) is 18.8. The molecule has 1 unspecified atom stereocenters. The van der Waals surface area contributed by atoms with E-state index in [2.05, 4.69) is 45.0 Å². The van der Waals surface area contributed by atoms with Crippen molar-refractivity contribution in [1.29, 1.82) is 0 Å². The SMILES string of the molecule is CC(C)(CCO[Si](c1ccccc1)(c1ccccc1)C(C)(C)C)COS(=O)(=O)CCOCC1C[C@@H](N2C(=O)C=CC2=O)C(=O)N1CC(=O)OC(C)(C)C. The first kappa shape index (κ1) is 42.1. The van der Waals surface area contributed by atoms with Crippen LogP contribution in [-0.2, 0) is 47.4 Å². The number of amides is 3. The number of hydrogen-bond acceptors (Lipinski definition) is 10. The van der Waals surface area contributed by atoms with Crippen LogP contribution in [0.3, 0.4) is 0 Å². The maximum absolute atomic E-state index is 13.4. The lowest BCUT2D eigenvalue weighted by Gasteiger charge is -2.43. The number of hydrogen-bond donors (Lipinski definition) is 0. The molecule has 2 atom stereocenters. The number of carbonyl (C=O) groups is 4. The molecule has 290 valence electrons. The standard InChI is InChI=1S/C39H54N2O10SSi/c1-37(2,3)51-35(44)26-40-29(25-32(36(40)45)41-33(42)19-20-34(41)43)27-48-23-24-52(46,47)49-28-39(7,8)21-22-50-53(38(4,5)6,30-15-11-9-12-16-30)31-17-13-10-14-18-31/h9-20,29,32H,21-28H2,1-8H3/t29?,32-/m1/s1. The first-order valence-corrected chi connectivity index (χ1v) is 21.4. The highest BCUT2D eigenvalue weighted by Crippen LogP contribution is 2.37. The Morgan fingerprint density at radius 3 is 1.89 bits per heavy atom. The van der Waals surface area contributed by atoms with Crippen LogP contribution in [0.5, 0.6) is 0 Å². The summed E-state index contributed by atoms with van der Waals surface area (Å²) in [7, 11) is -6.75. The van der Waals surface area contributed by atoms with E-state index in [1.807, 2.05) is 50.2 Å². The molecule has 53 heavy (non-hydrogen) atoms. The monoisotopic (exact) mass is 770 g/mol. The van der Waals surface area contributed by atoms with Crippen LogP contribution < -0.4 is 10.4 Å². The van der Waals surface area contributed by atoms with Gasteiger partial charge in [0.25, 0.3) is 30.2 Å². The van der Waals surface area contributed by atoms with E-state index in [1.54, 1.807) is 20.8 Å². The molecule has 4 rings (SSSR count). The van der Waals surface area contributed by atoms with Gasteiger partial charge in [0.05, 0.1) is 31.6 Å². The molecule has 0 aliphatic carbocycles. The second-order valence-electron chi connectivity index (χ2n) is 16.4. The largest absolute Gasteiger partial charge is 0.459 e. The van der Waals surface area contributed by atoms with Crippen molar-refractivity contribution < 1.29 is 45.7 Å². The number of benzene rings is 2. The molecule has 2 heterocycles. The number of imide groups is 1. The molecule has 14 heteroatoms. The van der Waals surface area contributed by atoms with Crippen molar-refractivity contribution in [3.05, 3.63) is 72.8 Å². The summed E-state index contributed by atoms with van der Waals surface area (Å²) in [6.45, 7) is 15.1. The van der Waals surface area contributed by atoms with E-state index in [0.29, 0.717) is 13.0 Å². The minimum atomic E-state index is -3.99. The summed E-state index contributed by atoms with van der Waals surface area (Å²) < 4.78 is 49.5. The molecule has 2 aromatic carbocycles. The van der Waals surface area contributed by atoms with Crippen molar-refractivity contribution >= 4 is 52.5 Å². The quantitative estimate of drug-likeness (QED) is 0.0770. The van der Waals surface area contributed by atoms with Gasteiger partial charge in [0.1, 0.15) is 18.2 Å². The molecule has 0 N–H and O–H groups in total. The molecule has 0 spiro atoms. The molecule has 3 amide bonds. The molecule has 2 aromatic rings. The van der Waals surface area contributed by atoms with Gasteiger partial charge in [-0.05, 0) is 48.0 Å². The number of nitrogens with zero attached hydrogens (tertiary/aromatic N) is 2. The minimum Gasteiger partial charge on any atom is -0.459 e. The Kier molecular flexibility index (Phi) is 13.3. The van der Waals surface area contributed by atoms with Gasteiger partial charge in [-0.15, -0.1) is 0 Å². The minimum absolute atomic E-state index is 0.0220. The van der Waals surface area contributed by atoms with Gasteiger partial charge >= 0.3 is 5.97 Å². The third-order valence-corrected chi connectivity index (χ3v) is 15.5. The number of likely N-dealkylation sites (tertiary alicyclic amines) is 1. The summed E-state index contributed by atoms with van der Waals surface area (Å²) in [5.41, 5.74) is -1.34. The molecule has 0 bridgehead atoms. The van der Waals surface area contributed by atoms with Crippen molar-refractivity contribution in [1.82, 2.24) is 9.80 Å². The van der Waals surface area contributed by atoms with Gasteiger partial charge < -0.3 is 18.8 Å². The number of rotatable bonds is 17. The highest BCUT2D eigenvalue weighted by molar-refractivity contribution is 7.86. The molecular weight excluding hydrogens is 717 g/mol. The zero-order valence-corrected chi connectivity index (χ0v) is 33.9. The maximum Gasteiger partial charge on any atom is 0.326 e. The molecule has 1 saturated heterocycles. The smallest absolute Gasteiger partial charge is 0.326 e. The fourth-order valence-electron chi connectivity index (χ4n) is 6.67. The topological polar surface area (TPSA) is 146 Å². The van der Waals surface area contributed by atoms with Crippen LogP contribution in [-0.4, -0.2) is 107 Å². The molecule has 2 aliphatic heterocycles. The Hall–Kier alpha value is -3.69. The maximum atomic E-state index is 13.4. The second kappa shape index (κ2) is 16.8. The second-order valence-corrected chi connectivity index (χ2v) is 22.4. The van der Waals surface area contributed by atoms with Crippen molar-refractivity contribution in [3.63, 3.8) is 0 Å². The number of esters is 1. The van der Waals surface area contributed by atoms with E-state index in [9.17, 15) is 27.6 Å². The Balaban J connectivity index is 1.33. The molecule has 1 fully saturated rings. The molecule has 0 radical (unpaired) electrons. The van der Waals surface area contributed by atoms with E-state index in [4.69, 9.17) is 18.1 Å². The van der Waals surface area contributed by atoms with Crippen LogP contribution in [0.2, 0.25) is 5.04 Å². The van der Waals surface area contributed by atoms with E-state index in [1.165, 1.54) is 4.90 Å². The van der Waals surface area contributed by atoms with E-state index < -0.39 is 77.5 Å². The molecule has 2 aliphatic rings. The zero-order chi connectivity index (χ0) is 39.2. The van der Waals surface area contributed by atoms with E-state index in [-0.39, 0.29) is 31.3 Å². The summed E-state index contributed by atoms with van der Waals surface area (Å²) in [5.74, 6) is -2.93. The summed E-state index contributed by atoms with van der Waals surface area (Å²) in [4.78, 5) is 52.8. The van der Waals surface area contributed by atoms with Crippen molar-refractivity contribution in [3.8, 4) is 0 Å². The Labute approximate surface area is 315 Å². The first-order valence-electron chi connectivity index (χ1n) is 17.9. The normalized spacial score (nSPS) is 18.7. The van der Waals surface area contributed by atoms with Gasteiger partial charge in [0.2, 0.25) is 5.91 Å². The van der Waals surface area contributed by atoms with Crippen molar-refractivity contribution in [2.45, 2.75) is 91.0 Å². The van der Waals surface area contributed by atoms with Crippen molar-refractivity contribution in [2.24, 2.45) is 5.41 Å². The summed E-state index contributed by atoms with van der Waals surface area (Å²) >= 11 is 0. The van der Waals surface area contributed by atoms with Gasteiger partial charge in [0.15, 0.2) is 0 Å². The summed E-state index contributed by atoms with van der Waals surface area (Å²) in [5, 5.41) is 2.13. The van der Waals surface area contributed by atoms with E-state index >= 15 is 0 Å². The molecule has 0 aromatic heterocycles. The van der Waals surface area contributed by atoms with Gasteiger partial charge in [-0.3, -0.25) is 28.3 Å².